The molecule has 0 radical (unpaired) electrons. The molecular weight excluding hydrogens is 214 g/mol. The molecule has 0 aliphatic carbocycles. The molecule has 1 aliphatic heterocycles. The number of hydrogen-bond acceptors (Lipinski definition) is 5. The predicted octanol–water partition coefficient (Wildman–Crippen LogP) is -0.0270. The van der Waals surface area contributed by atoms with E-state index in [-0.39, 0.29) is 5.91 Å². The van der Waals surface area contributed by atoms with Crippen LogP contribution in [0.4, 0.5) is 0 Å². The maximum atomic E-state index is 10.8. The average Bonchev–Trinajstić information content (AvgIpc) is 2.76. The van der Waals surface area contributed by atoms with E-state index in [1.165, 1.54) is 18.0 Å². The van der Waals surface area contributed by atoms with Crippen molar-refractivity contribution >= 4 is 29.1 Å². The van der Waals surface area contributed by atoms with Crippen LogP contribution < -0.4 is 5.32 Å². The van der Waals surface area contributed by atoms with Crippen LogP contribution in [0.25, 0.3) is 0 Å². The molecule has 0 aromatic carbocycles. The number of amides is 1. The molecule has 1 amide bonds. The normalized spacial score (nSPS) is 19.0. The summed E-state index contributed by atoms with van der Waals surface area (Å²) in [7, 11) is 1.83. The van der Waals surface area contributed by atoms with E-state index < -0.39 is 0 Å². The Morgan fingerprint density at radius 3 is 3.20 bits per heavy atom. The third-order valence-corrected chi connectivity index (χ3v) is 2.52. The van der Waals surface area contributed by atoms with Crippen molar-refractivity contribution in [2.24, 2.45) is 17.3 Å². The summed E-state index contributed by atoms with van der Waals surface area (Å²) < 4.78 is 1.68. The Kier molecular flexibility index (Phi) is 2.82. The second kappa shape index (κ2) is 4.26. The van der Waals surface area contributed by atoms with Crippen LogP contribution in [0.3, 0.4) is 0 Å². The second-order valence-corrected chi connectivity index (χ2v) is 3.86. The molecule has 0 saturated carbocycles. The summed E-state index contributed by atoms with van der Waals surface area (Å²) in [6.45, 7) is 0. The van der Waals surface area contributed by atoms with Gasteiger partial charge >= 0.3 is 0 Å². The standard InChI is InChI=1S/C8H9N5OS/c1-13-3-2-6(12-13)4-9-11-8-10-7(14)5-15-8/h2-4H,5H2,1H3,(H,10,11,14)/b9-4-. The van der Waals surface area contributed by atoms with Gasteiger partial charge < -0.3 is 5.32 Å². The minimum atomic E-state index is -0.0354. The van der Waals surface area contributed by atoms with Crippen LogP contribution in [0.2, 0.25) is 0 Å². The van der Waals surface area contributed by atoms with Crippen LogP contribution in [-0.4, -0.2) is 32.8 Å². The molecule has 1 aliphatic rings. The Hall–Kier alpha value is -1.63. The molecule has 1 aromatic heterocycles. The zero-order chi connectivity index (χ0) is 10.7. The van der Waals surface area contributed by atoms with Crippen LogP contribution in [0.15, 0.2) is 22.5 Å². The van der Waals surface area contributed by atoms with Gasteiger partial charge in [-0.25, -0.2) is 0 Å². The van der Waals surface area contributed by atoms with Gasteiger partial charge in [0.2, 0.25) is 5.91 Å². The fourth-order valence-electron chi connectivity index (χ4n) is 1.02. The number of nitrogens with one attached hydrogen (secondary N) is 1. The van der Waals surface area contributed by atoms with Crippen LogP contribution in [0, 0.1) is 0 Å². The van der Waals surface area contributed by atoms with Crippen molar-refractivity contribution in [3.8, 4) is 0 Å². The molecule has 0 bridgehead atoms. The van der Waals surface area contributed by atoms with Gasteiger partial charge in [0.1, 0.15) is 5.69 Å². The third-order valence-electron chi connectivity index (χ3n) is 1.66. The number of amidine groups is 1. The van der Waals surface area contributed by atoms with Crippen molar-refractivity contribution < 1.29 is 4.79 Å². The summed E-state index contributed by atoms with van der Waals surface area (Å²) in [5, 5.41) is 14.9. The van der Waals surface area contributed by atoms with Crippen molar-refractivity contribution in [2.45, 2.75) is 0 Å². The first-order valence-corrected chi connectivity index (χ1v) is 5.26. The minimum absolute atomic E-state index is 0.0354. The van der Waals surface area contributed by atoms with Gasteiger partial charge in [0.15, 0.2) is 5.17 Å². The first kappa shape index (κ1) is 9.91. The van der Waals surface area contributed by atoms with Gasteiger partial charge in [0.25, 0.3) is 0 Å². The summed E-state index contributed by atoms with van der Waals surface area (Å²) in [6, 6.07) is 1.82. The van der Waals surface area contributed by atoms with Gasteiger partial charge in [-0.05, 0) is 6.07 Å². The van der Waals surface area contributed by atoms with E-state index in [1.807, 2.05) is 19.3 Å². The number of rotatable bonds is 2. The van der Waals surface area contributed by atoms with Crippen molar-refractivity contribution in [2.75, 3.05) is 5.75 Å². The highest BCUT2D eigenvalue weighted by atomic mass is 32.2. The molecule has 7 heteroatoms. The Labute approximate surface area is 90.5 Å². The van der Waals surface area contributed by atoms with E-state index in [2.05, 4.69) is 20.6 Å². The zero-order valence-corrected chi connectivity index (χ0v) is 8.86. The fraction of sp³-hybridized carbons (Fsp3) is 0.250. The van der Waals surface area contributed by atoms with Gasteiger partial charge in [-0.1, -0.05) is 11.8 Å². The Morgan fingerprint density at radius 1 is 1.73 bits per heavy atom. The summed E-state index contributed by atoms with van der Waals surface area (Å²) in [5.74, 6) is 0.379. The SMILES string of the molecule is Cn1ccc(/C=N\N=C2\NC(=O)CS2)n1. The number of thioether (sulfide) groups is 1. The summed E-state index contributed by atoms with van der Waals surface area (Å²) >= 11 is 1.34. The molecule has 1 fully saturated rings. The highest BCUT2D eigenvalue weighted by molar-refractivity contribution is 8.15. The zero-order valence-electron chi connectivity index (χ0n) is 8.04. The Morgan fingerprint density at radius 2 is 2.60 bits per heavy atom. The first-order valence-electron chi connectivity index (χ1n) is 4.27. The lowest BCUT2D eigenvalue weighted by atomic mass is 10.5. The van der Waals surface area contributed by atoms with Gasteiger partial charge in [-0.3, -0.25) is 9.48 Å². The van der Waals surface area contributed by atoms with Crippen molar-refractivity contribution in [3.05, 3.63) is 18.0 Å². The molecule has 1 aromatic rings. The number of aryl methyl sites for hydroxylation is 1. The molecule has 15 heavy (non-hydrogen) atoms. The van der Waals surface area contributed by atoms with Crippen LogP contribution in [0.1, 0.15) is 5.69 Å². The van der Waals surface area contributed by atoms with E-state index in [9.17, 15) is 4.79 Å². The molecule has 0 spiro atoms. The summed E-state index contributed by atoms with van der Waals surface area (Å²) in [5.41, 5.74) is 0.733. The summed E-state index contributed by atoms with van der Waals surface area (Å²) in [4.78, 5) is 10.8. The number of carbonyl (C=O) groups excluding carboxylic acids is 1. The molecule has 2 heterocycles. The minimum Gasteiger partial charge on any atom is -0.303 e. The largest absolute Gasteiger partial charge is 0.303 e. The van der Waals surface area contributed by atoms with Crippen LogP contribution >= 0.6 is 11.8 Å². The van der Waals surface area contributed by atoms with E-state index >= 15 is 0 Å². The Balaban J connectivity index is 1.98. The number of aromatic nitrogens is 2. The topological polar surface area (TPSA) is 71.6 Å². The quantitative estimate of drug-likeness (QED) is 0.565. The number of hydrogen-bond donors (Lipinski definition) is 1. The van der Waals surface area contributed by atoms with E-state index in [4.69, 9.17) is 0 Å². The predicted molar refractivity (Wildman–Crippen MR) is 58.8 cm³/mol. The highest BCUT2D eigenvalue weighted by Gasteiger charge is 2.15. The fourth-order valence-corrected chi connectivity index (χ4v) is 1.65. The van der Waals surface area contributed by atoms with E-state index in [0.29, 0.717) is 10.9 Å². The lowest BCUT2D eigenvalue weighted by Gasteiger charge is -1.88. The first-order chi connectivity index (χ1) is 7.24. The molecule has 1 saturated heterocycles. The molecule has 0 atom stereocenters. The van der Waals surface area contributed by atoms with Gasteiger partial charge in [0, 0.05) is 13.2 Å². The molecule has 2 rings (SSSR count). The average molecular weight is 223 g/mol. The van der Waals surface area contributed by atoms with Gasteiger partial charge in [0.05, 0.1) is 12.0 Å². The number of carbonyl (C=O) groups is 1. The van der Waals surface area contributed by atoms with Crippen molar-refractivity contribution in [3.63, 3.8) is 0 Å². The highest BCUT2D eigenvalue weighted by Crippen LogP contribution is 2.08. The molecular formula is C8H9N5OS. The van der Waals surface area contributed by atoms with Gasteiger partial charge in [-0.15, -0.1) is 5.10 Å². The molecule has 1 N–H and O–H groups in total. The Bertz CT molecular complexity index is 436. The molecule has 6 nitrogen and oxygen atoms in total. The van der Waals surface area contributed by atoms with Gasteiger partial charge in [-0.2, -0.15) is 10.2 Å². The van der Waals surface area contributed by atoms with Crippen LogP contribution in [-0.2, 0) is 11.8 Å². The number of nitrogens with zero attached hydrogens (tertiary/aromatic N) is 4. The molecule has 78 valence electrons. The maximum Gasteiger partial charge on any atom is 0.236 e. The smallest absolute Gasteiger partial charge is 0.236 e. The lowest BCUT2D eigenvalue weighted by Crippen LogP contribution is -2.19. The lowest BCUT2D eigenvalue weighted by molar-refractivity contribution is -0.116. The van der Waals surface area contributed by atoms with Crippen molar-refractivity contribution in [1.82, 2.24) is 15.1 Å². The van der Waals surface area contributed by atoms with E-state index in [0.717, 1.165) is 5.69 Å². The molecule has 0 unspecified atom stereocenters. The third kappa shape index (κ3) is 2.66. The van der Waals surface area contributed by atoms with Crippen LogP contribution in [0.5, 0.6) is 0 Å². The summed E-state index contributed by atoms with van der Waals surface area (Å²) in [6.07, 6.45) is 3.36. The van der Waals surface area contributed by atoms with E-state index in [1.54, 1.807) is 4.68 Å². The maximum absolute atomic E-state index is 10.8. The van der Waals surface area contributed by atoms with Crippen molar-refractivity contribution in [1.29, 1.82) is 0 Å². The second-order valence-electron chi connectivity index (χ2n) is 2.90. The monoisotopic (exact) mass is 223 g/mol.